The highest BCUT2D eigenvalue weighted by molar-refractivity contribution is 7.09. The van der Waals surface area contributed by atoms with Gasteiger partial charge in [-0.15, -0.1) is 22.7 Å². The summed E-state index contributed by atoms with van der Waals surface area (Å²) in [7, 11) is 0. The molecule has 7 rings (SSSR count). The smallest absolute Gasteiger partial charge is 0.387 e. The summed E-state index contributed by atoms with van der Waals surface area (Å²) in [6.07, 6.45) is 6.63. The number of thiazole rings is 2. The highest BCUT2D eigenvalue weighted by Crippen LogP contribution is 2.40. The quantitative estimate of drug-likeness (QED) is 0.0467. The summed E-state index contributed by atoms with van der Waals surface area (Å²) in [6.45, 7) is -1.80. The minimum atomic E-state index is -3.04. The van der Waals surface area contributed by atoms with Crippen LogP contribution in [0.2, 0.25) is 0 Å². The lowest BCUT2D eigenvalue weighted by atomic mass is 10.1. The molecule has 0 spiro atoms. The van der Waals surface area contributed by atoms with Gasteiger partial charge in [-0.05, 0) is 112 Å². The van der Waals surface area contributed by atoms with Gasteiger partial charge in [-0.25, -0.2) is 9.59 Å². The Hall–Kier alpha value is -6.20. The molecule has 1 aliphatic rings. The van der Waals surface area contributed by atoms with Gasteiger partial charge in [-0.1, -0.05) is 0 Å². The molecule has 0 N–H and O–H groups in total. The summed E-state index contributed by atoms with van der Waals surface area (Å²) in [5.41, 5.74) is 6.15. The zero-order valence-corrected chi connectivity index (χ0v) is 34.6. The van der Waals surface area contributed by atoms with E-state index >= 15 is 0 Å². The van der Waals surface area contributed by atoms with Crippen molar-refractivity contribution in [3.8, 4) is 23.0 Å². The minimum absolute atomic E-state index is 0.0605. The molecule has 0 unspecified atom stereocenters. The number of ether oxygens (including phenoxy) is 5. The van der Waals surface area contributed by atoms with E-state index in [4.69, 9.17) is 23.7 Å². The van der Waals surface area contributed by atoms with E-state index in [9.17, 15) is 27.2 Å². The molecular weight excluding hydrogens is 837 g/mol. The molecule has 0 radical (unpaired) electrons. The standard InChI is InChI=1S/C44H40F4N4O7S2/c1-27(2)55-39-19-32(15-17-37(39)57-43(45)46)51(23-35-21-49-25-60-35)30-11-7-28(8-12-30)41(53)59-42(54)29-9-13-31(14-10-29)52(24-36-22-50-26-61-36)33-16-18-38(58-44(47)48)40(20-33)56-34-5-3-4-6-34/h7-22,25-27,34,43-44H,3-6,23-24H2,1-2H3. The molecule has 0 saturated heterocycles. The maximum absolute atomic E-state index is 13.3. The van der Waals surface area contributed by atoms with Gasteiger partial charge in [-0.3, -0.25) is 9.97 Å². The summed E-state index contributed by atoms with van der Waals surface area (Å²) < 4.78 is 79.7. The molecule has 11 nitrogen and oxygen atoms in total. The summed E-state index contributed by atoms with van der Waals surface area (Å²) in [4.78, 5) is 40.5. The molecule has 2 heterocycles. The first-order valence-electron chi connectivity index (χ1n) is 19.3. The number of anilines is 4. The van der Waals surface area contributed by atoms with Crippen LogP contribution in [0.1, 0.15) is 70.0 Å². The molecule has 6 aromatic rings. The number of aromatic nitrogens is 2. The van der Waals surface area contributed by atoms with E-state index in [0.29, 0.717) is 35.8 Å². The molecule has 1 fully saturated rings. The van der Waals surface area contributed by atoms with Gasteiger partial charge in [0.15, 0.2) is 23.0 Å². The average Bonchev–Trinajstić information content (AvgIpc) is 4.06. The lowest BCUT2D eigenvalue weighted by Gasteiger charge is -2.26. The number of hydrogen-bond donors (Lipinski definition) is 0. The number of carbonyl (C=O) groups is 2. The second kappa shape index (κ2) is 19.9. The molecule has 0 aliphatic heterocycles. The maximum atomic E-state index is 13.3. The first kappa shape index (κ1) is 42.9. The number of rotatable bonds is 18. The van der Waals surface area contributed by atoms with Crippen LogP contribution in [-0.2, 0) is 17.8 Å². The van der Waals surface area contributed by atoms with Gasteiger partial charge in [0.1, 0.15) is 0 Å². The fourth-order valence-electron chi connectivity index (χ4n) is 6.71. The van der Waals surface area contributed by atoms with Crippen LogP contribution in [0.15, 0.2) is 108 Å². The zero-order chi connectivity index (χ0) is 42.9. The van der Waals surface area contributed by atoms with Crippen LogP contribution in [0.4, 0.5) is 40.3 Å². The minimum Gasteiger partial charge on any atom is -0.487 e. The largest absolute Gasteiger partial charge is 0.487 e. The van der Waals surface area contributed by atoms with Crippen molar-refractivity contribution in [1.29, 1.82) is 0 Å². The second-order valence-corrected chi connectivity index (χ2v) is 16.0. The Balaban J connectivity index is 1.08. The number of carbonyl (C=O) groups excluding carboxylic acids is 2. The third-order valence-corrected chi connectivity index (χ3v) is 11.0. The Bertz CT molecular complexity index is 2360. The zero-order valence-electron chi connectivity index (χ0n) is 32.9. The first-order valence-corrected chi connectivity index (χ1v) is 21.0. The van der Waals surface area contributed by atoms with Crippen LogP contribution < -0.4 is 28.7 Å². The van der Waals surface area contributed by atoms with Crippen molar-refractivity contribution in [2.75, 3.05) is 9.80 Å². The average molecular weight is 877 g/mol. The Morgan fingerprint density at radius 2 is 1.07 bits per heavy atom. The van der Waals surface area contributed by atoms with Gasteiger partial charge >= 0.3 is 25.2 Å². The highest BCUT2D eigenvalue weighted by atomic mass is 32.1. The predicted octanol–water partition coefficient (Wildman–Crippen LogP) is 11.6. The maximum Gasteiger partial charge on any atom is 0.387 e. The number of nitrogens with zero attached hydrogens (tertiary/aromatic N) is 4. The summed E-state index contributed by atoms with van der Waals surface area (Å²) in [6, 6.07) is 22.3. The van der Waals surface area contributed by atoms with Gasteiger partial charge in [0.25, 0.3) is 0 Å². The molecule has 318 valence electrons. The van der Waals surface area contributed by atoms with Crippen molar-refractivity contribution in [3.05, 3.63) is 129 Å². The Morgan fingerprint density at radius 1 is 0.623 bits per heavy atom. The molecule has 0 atom stereocenters. The van der Waals surface area contributed by atoms with Gasteiger partial charge in [-0.2, -0.15) is 17.6 Å². The number of hydrogen-bond acceptors (Lipinski definition) is 13. The van der Waals surface area contributed by atoms with E-state index in [1.807, 2.05) is 9.80 Å². The van der Waals surface area contributed by atoms with Crippen molar-refractivity contribution in [2.45, 2.75) is 78.1 Å². The molecule has 17 heteroatoms. The van der Waals surface area contributed by atoms with Gasteiger partial charge in [0.05, 0.1) is 47.4 Å². The summed E-state index contributed by atoms with van der Waals surface area (Å²) >= 11 is 2.88. The topological polar surface area (TPSA) is 113 Å². The molecule has 4 aromatic carbocycles. The molecule has 1 aliphatic carbocycles. The number of esters is 2. The lowest BCUT2D eigenvalue weighted by Crippen LogP contribution is -2.18. The van der Waals surface area contributed by atoms with E-state index in [1.54, 1.807) is 85.8 Å². The molecule has 0 bridgehead atoms. The Morgan fingerprint density at radius 3 is 1.49 bits per heavy atom. The van der Waals surface area contributed by atoms with Crippen molar-refractivity contribution >= 4 is 57.4 Å². The molecule has 2 aromatic heterocycles. The lowest BCUT2D eigenvalue weighted by molar-refractivity contribution is -0.0525. The predicted molar refractivity (Wildman–Crippen MR) is 223 cm³/mol. The monoisotopic (exact) mass is 876 g/mol. The van der Waals surface area contributed by atoms with E-state index in [2.05, 4.69) is 9.97 Å². The van der Waals surface area contributed by atoms with E-state index in [1.165, 1.54) is 59.1 Å². The first-order chi connectivity index (χ1) is 29.5. The van der Waals surface area contributed by atoms with Crippen molar-refractivity contribution in [2.24, 2.45) is 0 Å². The second-order valence-electron chi connectivity index (χ2n) is 14.1. The molecule has 61 heavy (non-hydrogen) atoms. The summed E-state index contributed by atoms with van der Waals surface area (Å²) in [5, 5.41) is 0. The number of benzene rings is 4. The van der Waals surface area contributed by atoms with Crippen LogP contribution in [0, 0.1) is 0 Å². The van der Waals surface area contributed by atoms with Gasteiger partial charge in [0.2, 0.25) is 0 Å². The van der Waals surface area contributed by atoms with Crippen LogP contribution in [0.25, 0.3) is 0 Å². The Labute approximate surface area is 357 Å². The number of alkyl halides is 4. The van der Waals surface area contributed by atoms with Crippen molar-refractivity contribution in [3.63, 3.8) is 0 Å². The van der Waals surface area contributed by atoms with Crippen LogP contribution in [0.3, 0.4) is 0 Å². The summed E-state index contributed by atoms with van der Waals surface area (Å²) in [5.74, 6) is -1.57. The van der Waals surface area contributed by atoms with E-state index < -0.39 is 25.2 Å². The van der Waals surface area contributed by atoms with E-state index in [0.717, 1.165) is 35.4 Å². The fraction of sp³-hybridized carbons (Fsp3) is 0.273. The number of halogens is 4. The Kier molecular flexibility index (Phi) is 14.0. The van der Waals surface area contributed by atoms with Crippen molar-refractivity contribution in [1.82, 2.24) is 9.97 Å². The normalized spacial score (nSPS) is 12.8. The molecule has 1 saturated carbocycles. The van der Waals surface area contributed by atoms with Gasteiger partial charge < -0.3 is 33.5 Å². The fourth-order valence-corrected chi connectivity index (χ4v) is 7.88. The van der Waals surface area contributed by atoms with E-state index in [-0.39, 0.29) is 46.3 Å². The molecular formula is C44H40F4N4O7S2. The third kappa shape index (κ3) is 11.3. The molecule has 0 amide bonds. The third-order valence-electron chi connectivity index (χ3n) is 9.48. The van der Waals surface area contributed by atoms with Gasteiger partial charge in [0, 0.05) is 57.0 Å². The van der Waals surface area contributed by atoms with Crippen LogP contribution in [-0.4, -0.2) is 47.3 Å². The SMILES string of the molecule is CC(C)Oc1cc(N(Cc2cncs2)c2ccc(C(=O)OC(=O)c3ccc(N(Cc4cncs4)c4ccc(OC(F)F)c(OC5CCCC5)c4)cc3)cc2)ccc1OC(F)F. The van der Waals surface area contributed by atoms with Crippen molar-refractivity contribution < 1.29 is 50.8 Å². The van der Waals surface area contributed by atoms with Crippen LogP contribution >= 0.6 is 22.7 Å². The van der Waals surface area contributed by atoms with Crippen LogP contribution in [0.5, 0.6) is 23.0 Å². The highest BCUT2D eigenvalue weighted by Gasteiger charge is 2.24.